The summed E-state index contributed by atoms with van der Waals surface area (Å²) in [6, 6.07) is 12.8. The first-order chi connectivity index (χ1) is 15.2. The van der Waals surface area contributed by atoms with Crippen molar-refractivity contribution in [3.8, 4) is 0 Å². The van der Waals surface area contributed by atoms with Gasteiger partial charge in [-0.3, -0.25) is 4.99 Å². The van der Waals surface area contributed by atoms with E-state index < -0.39 is 0 Å². The molecule has 1 unspecified atom stereocenters. The number of hydrogen-bond acceptors (Lipinski definition) is 4. The second kappa shape index (κ2) is 10.3. The lowest BCUT2D eigenvalue weighted by Crippen LogP contribution is -2.40. The monoisotopic (exact) mass is 435 g/mol. The summed E-state index contributed by atoms with van der Waals surface area (Å²) in [7, 11) is 0. The largest absolute Gasteiger partial charge is 0.361 e. The third-order valence-electron chi connectivity index (χ3n) is 5.31. The number of para-hydroxylation sites is 1. The number of aromatic amines is 1. The lowest BCUT2D eigenvalue weighted by molar-refractivity contribution is 0.621. The highest BCUT2D eigenvalue weighted by molar-refractivity contribution is 7.10. The van der Waals surface area contributed by atoms with Gasteiger partial charge in [0, 0.05) is 48.0 Å². The first-order valence-corrected chi connectivity index (χ1v) is 11.6. The molecule has 3 aromatic heterocycles. The van der Waals surface area contributed by atoms with Gasteiger partial charge in [0.25, 0.3) is 0 Å². The first kappa shape index (κ1) is 21.1. The van der Waals surface area contributed by atoms with E-state index >= 15 is 0 Å². The number of benzene rings is 1. The van der Waals surface area contributed by atoms with Gasteiger partial charge < -0.3 is 20.2 Å². The van der Waals surface area contributed by atoms with E-state index in [0.717, 1.165) is 37.7 Å². The minimum atomic E-state index is 0.195. The summed E-state index contributed by atoms with van der Waals surface area (Å²) in [5, 5.41) is 18.6. The van der Waals surface area contributed by atoms with Gasteiger partial charge in [-0.1, -0.05) is 31.2 Å². The Bertz CT molecular complexity index is 1110. The highest BCUT2D eigenvalue weighted by Crippen LogP contribution is 2.19. The van der Waals surface area contributed by atoms with Crippen molar-refractivity contribution in [1.82, 2.24) is 30.4 Å². The number of hydrogen-bond donors (Lipinski definition) is 3. The van der Waals surface area contributed by atoms with Crippen molar-refractivity contribution in [2.75, 3.05) is 13.1 Å². The number of aromatic nitrogens is 4. The molecule has 1 atom stereocenters. The fraction of sp³-hybridized carbons (Fsp3) is 0.348. The molecule has 3 heterocycles. The standard InChI is InChI=1S/C23H29N7S/c1-3-22-29-27-16-30(22)13-12-25-23(28-17(2)21-9-6-14-31-21)24-11-10-18-15-26-20-8-5-4-7-19(18)20/h4-9,14-17,26H,3,10-13H2,1-2H3,(H2,24,25,28). The van der Waals surface area contributed by atoms with Crippen molar-refractivity contribution in [3.63, 3.8) is 0 Å². The van der Waals surface area contributed by atoms with Crippen LogP contribution in [0.25, 0.3) is 10.9 Å². The van der Waals surface area contributed by atoms with Crippen LogP contribution in [0.3, 0.4) is 0 Å². The Morgan fingerprint density at radius 1 is 1.26 bits per heavy atom. The number of thiophene rings is 1. The normalized spacial score (nSPS) is 12.9. The van der Waals surface area contributed by atoms with Crippen LogP contribution in [0.15, 0.2) is 59.3 Å². The molecule has 0 aliphatic heterocycles. The molecular formula is C23H29N7S. The highest BCUT2D eigenvalue weighted by Gasteiger charge is 2.10. The zero-order chi connectivity index (χ0) is 21.5. The fourth-order valence-electron chi connectivity index (χ4n) is 3.63. The lowest BCUT2D eigenvalue weighted by Gasteiger charge is -2.18. The molecule has 1 aromatic carbocycles. The van der Waals surface area contributed by atoms with Gasteiger partial charge in [0.05, 0.1) is 6.04 Å². The van der Waals surface area contributed by atoms with Crippen LogP contribution >= 0.6 is 11.3 Å². The second-order valence-corrected chi connectivity index (χ2v) is 8.42. The van der Waals surface area contributed by atoms with Gasteiger partial charge in [-0.15, -0.1) is 21.5 Å². The fourth-order valence-corrected chi connectivity index (χ4v) is 4.36. The Morgan fingerprint density at radius 2 is 2.16 bits per heavy atom. The van der Waals surface area contributed by atoms with Crippen LogP contribution in [-0.4, -0.2) is 38.8 Å². The van der Waals surface area contributed by atoms with Crippen molar-refractivity contribution in [1.29, 1.82) is 0 Å². The van der Waals surface area contributed by atoms with Gasteiger partial charge in [-0.25, -0.2) is 0 Å². The molecule has 8 heteroatoms. The number of nitrogens with one attached hydrogen (secondary N) is 3. The summed E-state index contributed by atoms with van der Waals surface area (Å²) < 4.78 is 2.08. The quantitative estimate of drug-likeness (QED) is 0.275. The van der Waals surface area contributed by atoms with E-state index in [9.17, 15) is 0 Å². The SMILES string of the molecule is CCc1nncn1CCNC(=NCCc1c[nH]c2ccccc12)NC(C)c1cccs1. The number of rotatable bonds is 9. The van der Waals surface area contributed by atoms with Crippen molar-refractivity contribution >= 4 is 28.2 Å². The molecule has 0 aliphatic rings. The molecule has 0 bridgehead atoms. The summed E-state index contributed by atoms with van der Waals surface area (Å²) >= 11 is 1.75. The number of aryl methyl sites for hydroxylation is 1. The number of nitrogens with zero attached hydrogens (tertiary/aromatic N) is 4. The molecule has 0 spiro atoms. The predicted molar refractivity (Wildman–Crippen MR) is 128 cm³/mol. The predicted octanol–water partition coefficient (Wildman–Crippen LogP) is 3.92. The van der Waals surface area contributed by atoms with Crippen molar-refractivity contribution < 1.29 is 0 Å². The maximum absolute atomic E-state index is 4.86. The van der Waals surface area contributed by atoms with Crippen molar-refractivity contribution in [2.45, 2.75) is 39.3 Å². The Labute approximate surface area is 186 Å². The van der Waals surface area contributed by atoms with Gasteiger partial charge >= 0.3 is 0 Å². The molecule has 162 valence electrons. The first-order valence-electron chi connectivity index (χ1n) is 10.7. The molecule has 3 N–H and O–H groups in total. The Kier molecular flexibility index (Phi) is 6.99. The van der Waals surface area contributed by atoms with E-state index in [1.54, 1.807) is 17.7 Å². The molecule has 0 aliphatic carbocycles. The molecule has 31 heavy (non-hydrogen) atoms. The van der Waals surface area contributed by atoms with Crippen LogP contribution in [-0.2, 0) is 19.4 Å². The topological polar surface area (TPSA) is 82.9 Å². The van der Waals surface area contributed by atoms with E-state index in [4.69, 9.17) is 4.99 Å². The van der Waals surface area contributed by atoms with Crippen LogP contribution in [0.4, 0.5) is 0 Å². The molecule has 0 amide bonds. The van der Waals surface area contributed by atoms with Gasteiger partial charge in [-0.05, 0) is 36.4 Å². The Morgan fingerprint density at radius 3 is 3.00 bits per heavy atom. The third kappa shape index (κ3) is 5.32. The summed E-state index contributed by atoms with van der Waals surface area (Å²) in [6.07, 6.45) is 5.64. The van der Waals surface area contributed by atoms with Crippen molar-refractivity contribution in [3.05, 3.63) is 70.6 Å². The van der Waals surface area contributed by atoms with E-state index in [1.807, 2.05) is 0 Å². The van der Waals surface area contributed by atoms with Crippen LogP contribution in [0, 0.1) is 0 Å². The van der Waals surface area contributed by atoms with E-state index in [2.05, 4.69) is 92.2 Å². The summed E-state index contributed by atoms with van der Waals surface area (Å²) in [5.41, 5.74) is 2.46. The molecule has 4 aromatic rings. The second-order valence-electron chi connectivity index (χ2n) is 7.44. The maximum Gasteiger partial charge on any atom is 0.191 e. The Hall–Kier alpha value is -3.13. The average molecular weight is 436 g/mol. The van der Waals surface area contributed by atoms with Crippen LogP contribution in [0.1, 0.15) is 36.2 Å². The van der Waals surface area contributed by atoms with Crippen LogP contribution < -0.4 is 10.6 Å². The minimum absolute atomic E-state index is 0.195. The summed E-state index contributed by atoms with van der Waals surface area (Å²) in [5.74, 6) is 1.83. The van der Waals surface area contributed by atoms with Gasteiger partial charge in [0.1, 0.15) is 12.2 Å². The van der Waals surface area contributed by atoms with E-state index in [1.165, 1.54) is 21.3 Å². The third-order valence-corrected chi connectivity index (χ3v) is 6.36. The summed E-state index contributed by atoms with van der Waals surface area (Å²) in [4.78, 5) is 9.50. The zero-order valence-corrected chi connectivity index (χ0v) is 18.8. The van der Waals surface area contributed by atoms with E-state index in [-0.39, 0.29) is 6.04 Å². The molecule has 7 nitrogen and oxygen atoms in total. The molecule has 4 rings (SSSR count). The van der Waals surface area contributed by atoms with Gasteiger partial charge in [0.15, 0.2) is 5.96 Å². The number of aliphatic imine (C=N–C) groups is 1. The highest BCUT2D eigenvalue weighted by atomic mass is 32.1. The van der Waals surface area contributed by atoms with Crippen LogP contribution in [0.2, 0.25) is 0 Å². The smallest absolute Gasteiger partial charge is 0.191 e. The lowest BCUT2D eigenvalue weighted by atomic mass is 10.1. The number of fused-ring (bicyclic) bond motifs is 1. The molecular weight excluding hydrogens is 406 g/mol. The maximum atomic E-state index is 4.86. The van der Waals surface area contributed by atoms with Gasteiger partial charge in [0.2, 0.25) is 0 Å². The average Bonchev–Trinajstić information content (AvgIpc) is 3.54. The Balaban J connectivity index is 1.40. The zero-order valence-electron chi connectivity index (χ0n) is 18.0. The van der Waals surface area contributed by atoms with Gasteiger partial charge in [-0.2, -0.15) is 0 Å². The molecule has 0 radical (unpaired) electrons. The molecule has 0 saturated carbocycles. The molecule has 0 fully saturated rings. The summed E-state index contributed by atoms with van der Waals surface area (Å²) in [6.45, 7) is 6.52. The van der Waals surface area contributed by atoms with Crippen LogP contribution in [0.5, 0.6) is 0 Å². The minimum Gasteiger partial charge on any atom is -0.361 e. The number of H-pyrrole nitrogens is 1. The van der Waals surface area contributed by atoms with Crippen molar-refractivity contribution in [2.24, 2.45) is 4.99 Å². The van der Waals surface area contributed by atoms with E-state index in [0.29, 0.717) is 6.54 Å². The molecule has 0 saturated heterocycles. The number of guanidine groups is 1.